The van der Waals surface area contributed by atoms with Crippen LogP contribution in [0.4, 0.5) is 0 Å². The van der Waals surface area contributed by atoms with Gasteiger partial charge in [-0.25, -0.2) is 9.59 Å². The van der Waals surface area contributed by atoms with Gasteiger partial charge < -0.3 is 14.9 Å². The average molecular weight is 333 g/mol. The van der Waals surface area contributed by atoms with E-state index in [9.17, 15) is 9.59 Å². The first-order valence-electron chi connectivity index (χ1n) is 4.92. The molecule has 0 fully saturated rings. The molecule has 108 valence electrons. The molecule has 0 bridgehead atoms. The Morgan fingerprint density at radius 3 is 2.15 bits per heavy atom. The number of halogens is 2. The summed E-state index contributed by atoms with van der Waals surface area (Å²) < 4.78 is 4.86. The lowest BCUT2D eigenvalue weighted by atomic mass is 10.3. The number of carboxylic acids is 2. The van der Waals surface area contributed by atoms with E-state index in [1.54, 1.807) is 6.07 Å². The molecule has 0 radical (unpaired) electrons. The van der Waals surface area contributed by atoms with Crippen LogP contribution in [0, 0.1) is 0 Å². The number of ether oxygens (including phenoxy) is 1. The Kier molecular flexibility index (Phi) is 11.5. The molecular weight excluding hydrogens is 319 g/mol. The number of hydrogen-bond donors (Lipinski definition) is 2. The summed E-state index contributed by atoms with van der Waals surface area (Å²) in [5, 5.41) is 17.0. The van der Waals surface area contributed by atoms with E-state index in [-0.39, 0.29) is 28.6 Å². The molecule has 0 heterocycles. The van der Waals surface area contributed by atoms with Gasteiger partial charge in [0.15, 0.2) is 6.61 Å². The first-order chi connectivity index (χ1) is 8.73. The molecule has 0 unspecified atom stereocenters. The Balaban J connectivity index is 0. The summed E-state index contributed by atoms with van der Waals surface area (Å²) in [5.74, 6) is -1.67. The third kappa shape index (κ3) is 9.91. The van der Waals surface area contributed by atoms with Crippen molar-refractivity contribution in [3.05, 3.63) is 40.4 Å². The van der Waals surface area contributed by atoms with Crippen molar-refractivity contribution < 1.29 is 24.5 Å². The summed E-state index contributed by atoms with van der Waals surface area (Å²) in [6, 6.07) is 4.58. The van der Waals surface area contributed by atoms with Crippen molar-refractivity contribution in [3.8, 4) is 5.75 Å². The standard InChI is InChI=1S/C8H6Cl2O3.C4H6O2.Mg.2H/c9-5-1-2-7(6(10)3-5)13-4-8(11)12;1-3(2)4(5)6;;;/h1-3H,4H2,(H,11,12);1H2,2H3,(H,5,6);;;. The molecule has 20 heavy (non-hydrogen) atoms. The Labute approximate surface area is 142 Å². The van der Waals surface area contributed by atoms with Gasteiger partial charge in [0.25, 0.3) is 0 Å². The number of hydrogen-bond acceptors (Lipinski definition) is 3. The number of rotatable bonds is 4. The topological polar surface area (TPSA) is 83.8 Å². The second-order valence-corrected chi connectivity index (χ2v) is 4.19. The summed E-state index contributed by atoms with van der Waals surface area (Å²) >= 11 is 11.3. The molecule has 0 aliphatic heterocycles. The van der Waals surface area contributed by atoms with Crippen molar-refractivity contribution in [1.29, 1.82) is 0 Å². The molecule has 1 rings (SSSR count). The summed E-state index contributed by atoms with van der Waals surface area (Å²) in [5.41, 5.74) is 0.176. The van der Waals surface area contributed by atoms with Gasteiger partial charge in [-0.2, -0.15) is 0 Å². The van der Waals surface area contributed by atoms with Crippen LogP contribution in [0.2, 0.25) is 10.0 Å². The van der Waals surface area contributed by atoms with Crippen LogP contribution in [-0.2, 0) is 9.59 Å². The molecule has 0 saturated heterocycles. The lowest BCUT2D eigenvalue weighted by Crippen LogP contribution is -2.09. The fraction of sp³-hybridized carbons (Fsp3) is 0.167. The fourth-order valence-electron chi connectivity index (χ4n) is 0.732. The number of benzene rings is 1. The maximum absolute atomic E-state index is 10.2. The SMILES string of the molecule is C=C(C)C(=O)O.O=C(O)COc1ccc(Cl)cc1Cl.[MgH2]. The molecule has 0 aromatic heterocycles. The lowest BCUT2D eigenvalue weighted by molar-refractivity contribution is -0.139. The maximum Gasteiger partial charge on any atom is 0.341 e. The van der Waals surface area contributed by atoms with Crippen molar-refractivity contribution in [2.75, 3.05) is 6.61 Å². The van der Waals surface area contributed by atoms with Crippen LogP contribution in [0.5, 0.6) is 5.75 Å². The normalized spacial score (nSPS) is 8.55. The van der Waals surface area contributed by atoms with Gasteiger partial charge in [0, 0.05) is 10.6 Å². The van der Waals surface area contributed by atoms with Crippen molar-refractivity contribution >= 4 is 58.2 Å². The van der Waals surface area contributed by atoms with Gasteiger partial charge in [-0.15, -0.1) is 0 Å². The molecular formula is C12H14Cl2MgO5. The first kappa shape index (κ1) is 21.3. The zero-order valence-corrected chi connectivity index (χ0v) is 11.5. The smallest absolute Gasteiger partial charge is 0.341 e. The Bertz CT molecular complexity index is 479. The molecule has 0 aliphatic rings. The Hall–Kier alpha value is -0.954. The summed E-state index contributed by atoms with van der Waals surface area (Å²) in [6.07, 6.45) is 0. The number of carboxylic acid groups (broad SMARTS) is 2. The monoisotopic (exact) mass is 332 g/mol. The highest BCUT2D eigenvalue weighted by molar-refractivity contribution is 6.35. The van der Waals surface area contributed by atoms with E-state index in [1.165, 1.54) is 19.1 Å². The average Bonchev–Trinajstić information content (AvgIpc) is 2.28. The summed E-state index contributed by atoms with van der Waals surface area (Å²) in [6.45, 7) is 4.19. The van der Waals surface area contributed by atoms with Crippen molar-refractivity contribution in [1.82, 2.24) is 0 Å². The molecule has 1 aromatic carbocycles. The molecule has 0 aliphatic carbocycles. The van der Waals surface area contributed by atoms with Crippen molar-refractivity contribution in [2.45, 2.75) is 6.92 Å². The van der Waals surface area contributed by atoms with Gasteiger partial charge in [-0.1, -0.05) is 29.8 Å². The fourth-order valence-corrected chi connectivity index (χ4v) is 1.19. The lowest BCUT2D eigenvalue weighted by Gasteiger charge is -2.04. The molecule has 0 saturated carbocycles. The highest BCUT2D eigenvalue weighted by Gasteiger charge is 2.04. The van der Waals surface area contributed by atoms with E-state index in [2.05, 4.69) is 6.58 Å². The Morgan fingerprint density at radius 2 is 1.80 bits per heavy atom. The summed E-state index contributed by atoms with van der Waals surface area (Å²) in [4.78, 5) is 19.8. The van der Waals surface area contributed by atoms with Gasteiger partial charge in [0.05, 0.1) is 5.02 Å². The zero-order valence-electron chi connectivity index (χ0n) is 10.0. The second kappa shape index (κ2) is 10.8. The van der Waals surface area contributed by atoms with Gasteiger partial charge in [-0.05, 0) is 25.1 Å². The molecule has 0 atom stereocenters. The van der Waals surface area contributed by atoms with E-state index in [4.69, 9.17) is 38.2 Å². The first-order valence-corrected chi connectivity index (χ1v) is 5.68. The third-order valence-corrected chi connectivity index (χ3v) is 2.14. The molecule has 0 spiro atoms. The van der Waals surface area contributed by atoms with Crippen LogP contribution >= 0.6 is 23.2 Å². The predicted molar refractivity (Wildman–Crippen MR) is 80.6 cm³/mol. The molecule has 2 N–H and O–H groups in total. The zero-order chi connectivity index (χ0) is 15.0. The van der Waals surface area contributed by atoms with Gasteiger partial charge in [0.1, 0.15) is 5.75 Å². The van der Waals surface area contributed by atoms with E-state index in [0.717, 1.165) is 0 Å². The van der Waals surface area contributed by atoms with Crippen LogP contribution in [0.25, 0.3) is 0 Å². The molecule has 8 heteroatoms. The van der Waals surface area contributed by atoms with Crippen LogP contribution in [0.3, 0.4) is 0 Å². The summed E-state index contributed by atoms with van der Waals surface area (Å²) in [7, 11) is 0. The molecule has 5 nitrogen and oxygen atoms in total. The van der Waals surface area contributed by atoms with E-state index in [0.29, 0.717) is 15.8 Å². The van der Waals surface area contributed by atoms with Crippen LogP contribution in [-0.4, -0.2) is 51.8 Å². The number of aliphatic carboxylic acids is 2. The third-order valence-electron chi connectivity index (χ3n) is 1.61. The van der Waals surface area contributed by atoms with Gasteiger partial charge in [-0.3, -0.25) is 0 Å². The minimum absolute atomic E-state index is 0. The maximum atomic E-state index is 10.2. The molecule has 0 amide bonds. The van der Waals surface area contributed by atoms with Crippen molar-refractivity contribution in [2.24, 2.45) is 0 Å². The van der Waals surface area contributed by atoms with Gasteiger partial charge >= 0.3 is 35.0 Å². The van der Waals surface area contributed by atoms with Crippen LogP contribution < -0.4 is 4.74 Å². The largest absolute Gasteiger partial charge is 0.480 e. The minimum atomic E-state index is -1.05. The Morgan fingerprint density at radius 1 is 1.30 bits per heavy atom. The van der Waals surface area contributed by atoms with Gasteiger partial charge in [0.2, 0.25) is 0 Å². The number of carbonyl (C=O) groups is 2. The molecule has 1 aromatic rings. The van der Waals surface area contributed by atoms with E-state index < -0.39 is 18.5 Å². The van der Waals surface area contributed by atoms with E-state index >= 15 is 0 Å². The van der Waals surface area contributed by atoms with Crippen LogP contribution in [0.1, 0.15) is 6.92 Å². The highest BCUT2D eigenvalue weighted by atomic mass is 35.5. The predicted octanol–water partition coefficient (Wildman–Crippen LogP) is 2.19. The van der Waals surface area contributed by atoms with Crippen LogP contribution in [0.15, 0.2) is 30.4 Å². The van der Waals surface area contributed by atoms with E-state index in [1.807, 2.05) is 0 Å². The van der Waals surface area contributed by atoms with Crippen molar-refractivity contribution in [3.63, 3.8) is 0 Å². The highest BCUT2D eigenvalue weighted by Crippen LogP contribution is 2.27. The second-order valence-electron chi connectivity index (χ2n) is 3.34. The minimum Gasteiger partial charge on any atom is -0.480 e. The quantitative estimate of drug-likeness (QED) is 0.652.